The van der Waals surface area contributed by atoms with Crippen molar-refractivity contribution in [2.24, 2.45) is 0 Å². The van der Waals surface area contributed by atoms with Crippen molar-refractivity contribution in [3.05, 3.63) is 54.5 Å². The zero-order valence-electron chi connectivity index (χ0n) is 12.6. The van der Waals surface area contributed by atoms with Crippen molar-refractivity contribution in [2.75, 3.05) is 31.1 Å². The van der Waals surface area contributed by atoms with Gasteiger partial charge < -0.3 is 9.80 Å². The molecule has 7 heteroatoms. The van der Waals surface area contributed by atoms with Gasteiger partial charge in [0.25, 0.3) is 5.91 Å². The summed E-state index contributed by atoms with van der Waals surface area (Å²) in [6.45, 7) is 2.38. The molecule has 7 nitrogen and oxygen atoms in total. The van der Waals surface area contributed by atoms with Crippen LogP contribution in [0.25, 0.3) is 0 Å². The van der Waals surface area contributed by atoms with Gasteiger partial charge in [-0.05, 0) is 12.1 Å². The molecule has 0 saturated carbocycles. The van der Waals surface area contributed by atoms with E-state index < -0.39 is 0 Å². The fourth-order valence-corrected chi connectivity index (χ4v) is 2.43. The number of anilines is 1. The lowest BCUT2D eigenvalue weighted by Gasteiger charge is -2.34. The first-order valence-electron chi connectivity index (χ1n) is 7.40. The molecule has 1 aromatic carbocycles. The quantitative estimate of drug-likeness (QED) is 0.900. The lowest BCUT2D eigenvalue weighted by Crippen LogP contribution is -2.53. The number of nitrogens with zero attached hydrogens (tertiary/aromatic N) is 4. The van der Waals surface area contributed by atoms with Crippen molar-refractivity contribution in [2.45, 2.75) is 0 Å². The fourth-order valence-electron chi connectivity index (χ4n) is 2.43. The third kappa shape index (κ3) is 3.63. The highest BCUT2D eigenvalue weighted by Crippen LogP contribution is 2.11. The Bertz CT molecular complexity index is 669. The van der Waals surface area contributed by atoms with Crippen LogP contribution in [-0.2, 0) is 0 Å². The molecule has 0 atom stereocenters. The van der Waals surface area contributed by atoms with Gasteiger partial charge in [-0.2, -0.15) is 0 Å². The van der Waals surface area contributed by atoms with Crippen LogP contribution < -0.4 is 10.2 Å². The molecule has 0 aliphatic carbocycles. The van der Waals surface area contributed by atoms with Crippen LogP contribution in [0.15, 0.2) is 48.9 Å². The summed E-state index contributed by atoms with van der Waals surface area (Å²) in [4.78, 5) is 36.2. The summed E-state index contributed by atoms with van der Waals surface area (Å²) in [6, 6.07) is 8.34. The Hall–Kier alpha value is -2.96. The molecule has 0 unspecified atom stereocenters. The summed E-state index contributed by atoms with van der Waals surface area (Å²) < 4.78 is 0. The number of carbonyl (C=O) groups is 2. The number of rotatable bonds is 2. The zero-order valence-corrected chi connectivity index (χ0v) is 12.6. The van der Waals surface area contributed by atoms with E-state index in [4.69, 9.17) is 0 Å². The van der Waals surface area contributed by atoms with E-state index in [1.165, 1.54) is 0 Å². The first kappa shape index (κ1) is 15.0. The number of piperazine rings is 1. The molecule has 23 heavy (non-hydrogen) atoms. The molecular weight excluding hydrogens is 294 g/mol. The average molecular weight is 311 g/mol. The number of nitrogens with one attached hydrogen (secondary N) is 1. The van der Waals surface area contributed by atoms with Crippen molar-refractivity contribution >= 4 is 17.8 Å². The maximum atomic E-state index is 12.2. The Morgan fingerprint density at radius 1 is 1.00 bits per heavy atom. The second-order valence-corrected chi connectivity index (χ2v) is 5.16. The highest BCUT2D eigenvalue weighted by molar-refractivity contribution is 6.04. The highest BCUT2D eigenvalue weighted by atomic mass is 16.2. The first-order valence-corrected chi connectivity index (χ1v) is 7.40. The molecule has 118 valence electrons. The maximum Gasteiger partial charge on any atom is 0.324 e. The highest BCUT2D eigenvalue weighted by Gasteiger charge is 2.23. The average Bonchev–Trinajstić information content (AvgIpc) is 2.63. The van der Waals surface area contributed by atoms with Crippen molar-refractivity contribution < 1.29 is 9.59 Å². The van der Waals surface area contributed by atoms with Crippen LogP contribution in [0.3, 0.4) is 0 Å². The summed E-state index contributed by atoms with van der Waals surface area (Å²) >= 11 is 0. The molecule has 2 aromatic rings. The van der Waals surface area contributed by atoms with Crippen LogP contribution >= 0.6 is 0 Å². The number of urea groups is 1. The van der Waals surface area contributed by atoms with E-state index in [9.17, 15) is 9.59 Å². The standard InChI is InChI=1S/C16H17N5O2/c22-15(13-4-2-1-3-5-13)19-16(23)21-10-8-20(9-11-21)14-12-17-6-7-18-14/h1-7,12H,8-11H2,(H,19,22,23). The molecule has 0 bridgehead atoms. The van der Waals surface area contributed by atoms with Gasteiger partial charge in [0.1, 0.15) is 5.82 Å². The number of hydrogen-bond donors (Lipinski definition) is 1. The fraction of sp³-hybridized carbons (Fsp3) is 0.250. The first-order chi connectivity index (χ1) is 11.2. The number of hydrogen-bond acceptors (Lipinski definition) is 5. The van der Waals surface area contributed by atoms with Crippen molar-refractivity contribution in [1.29, 1.82) is 0 Å². The number of amides is 3. The number of carbonyl (C=O) groups excluding carboxylic acids is 2. The summed E-state index contributed by atoms with van der Waals surface area (Å²) in [5, 5.41) is 2.42. The molecule has 1 aromatic heterocycles. The number of imide groups is 1. The van der Waals surface area contributed by atoms with Crippen LogP contribution in [0.5, 0.6) is 0 Å². The molecule has 0 spiro atoms. The Balaban J connectivity index is 1.53. The van der Waals surface area contributed by atoms with Crippen molar-refractivity contribution in [3.8, 4) is 0 Å². The van der Waals surface area contributed by atoms with Gasteiger partial charge >= 0.3 is 6.03 Å². The van der Waals surface area contributed by atoms with Gasteiger partial charge in [0, 0.05) is 44.1 Å². The molecule has 1 saturated heterocycles. The largest absolute Gasteiger partial charge is 0.352 e. The summed E-state index contributed by atoms with van der Waals surface area (Å²) in [5.74, 6) is 0.417. The Labute approximate surface area is 134 Å². The van der Waals surface area contributed by atoms with Crippen LogP contribution in [-0.4, -0.2) is 53.0 Å². The van der Waals surface area contributed by atoms with E-state index in [0.29, 0.717) is 31.7 Å². The number of benzene rings is 1. The van der Waals surface area contributed by atoms with E-state index in [0.717, 1.165) is 5.82 Å². The molecule has 1 N–H and O–H groups in total. The summed E-state index contributed by atoms with van der Waals surface area (Å²) in [6.07, 6.45) is 4.98. The second-order valence-electron chi connectivity index (χ2n) is 5.16. The minimum atomic E-state index is -0.382. The summed E-state index contributed by atoms with van der Waals surface area (Å²) in [7, 11) is 0. The van der Waals surface area contributed by atoms with Crippen LogP contribution in [0.1, 0.15) is 10.4 Å². The van der Waals surface area contributed by atoms with Crippen molar-refractivity contribution in [1.82, 2.24) is 20.2 Å². The molecular formula is C16H17N5O2. The Morgan fingerprint density at radius 3 is 2.39 bits per heavy atom. The molecule has 1 fully saturated rings. The molecule has 3 rings (SSSR count). The molecule has 3 amide bonds. The number of aromatic nitrogens is 2. The lowest BCUT2D eigenvalue weighted by atomic mass is 10.2. The minimum Gasteiger partial charge on any atom is -0.352 e. The van der Waals surface area contributed by atoms with Gasteiger partial charge in [-0.15, -0.1) is 0 Å². The van der Waals surface area contributed by atoms with Crippen molar-refractivity contribution in [3.63, 3.8) is 0 Å². The minimum absolute atomic E-state index is 0.363. The van der Waals surface area contributed by atoms with E-state index in [2.05, 4.69) is 20.2 Å². The van der Waals surface area contributed by atoms with Gasteiger partial charge in [0.2, 0.25) is 0 Å². The SMILES string of the molecule is O=C(NC(=O)N1CCN(c2cnccn2)CC1)c1ccccc1. The van der Waals surface area contributed by atoms with Gasteiger partial charge in [-0.3, -0.25) is 15.1 Å². The second kappa shape index (κ2) is 6.87. The van der Waals surface area contributed by atoms with E-state index >= 15 is 0 Å². The molecule has 0 radical (unpaired) electrons. The molecule has 1 aliphatic heterocycles. The Morgan fingerprint density at radius 2 is 1.74 bits per heavy atom. The van der Waals surface area contributed by atoms with Crippen LogP contribution in [0.2, 0.25) is 0 Å². The predicted octanol–water partition coefficient (Wildman–Crippen LogP) is 1.15. The predicted molar refractivity (Wildman–Crippen MR) is 85.1 cm³/mol. The maximum absolute atomic E-state index is 12.2. The topological polar surface area (TPSA) is 78.4 Å². The Kier molecular flexibility index (Phi) is 4.46. The van der Waals surface area contributed by atoms with Gasteiger partial charge in [-0.25, -0.2) is 9.78 Å². The molecule has 2 heterocycles. The molecule has 1 aliphatic rings. The smallest absolute Gasteiger partial charge is 0.324 e. The zero-order chi connectivity index (χ0) is 16.1. The van der Waals surface area contributed by atoms with Gasteiger partial charge in [-0.1, -0.05) is 18.2 Å². The van der Waals surface area contributed by atoms with E-state index in [1.54, 1.807) is 47.8 Å². The third-order valence-electron chi connectivity index (χ3n) is 3.70. The van der Waals surface area contributed by atoms with Gasteiger partial charge in [0.15, 0.2) is 0 Å². The normalized spacial score (nSPS) is 14.4. The van der Waals surface area contributed by atoms with Gasteiger partial charge in [0.05, 0.1) is 6.20 Å². The van der Waals surface area contributed by atoms with E-state index in [1.807, 2.05) is 6.07 Å². The third-order valence-corrected chi connectivity index (χ3v) is 3.70. The summed E-state index contributed by atoms with van der Waals surface area (Å²) in [5.41, 5.74) is 0.471. The van der Waals surface area contributed by atoms with E-state index in [-0.39, 0.29) is 11.9 Å². The van der Waals surface area contributed by atoms with Crippen LogP contribution in [0.4, 0.5) is 10.6 Å². The lowest BCUT2D eigenvalue weighted by molar-refractivity contribution is 0.0951. The van der Waals surface area contributed by atoms with Crippen LogP contribution in [0, 0.1) is 0 Å². The monoisotopic (exact) mass is 311 g/mol.